The van der Waals surface area contributed by atoms with Crippen molar-refractivity contribution in [2.45, 2.75) is 25.9 Å². The summed E-state index contributed by atoms with van der Waals surface area (Å²) in [5.74, 6) is 1.18. The van der Waals surface area contributed by atoms with Crippen molar-refractivity contribution in [1.29, 1.82) is 0 Å². The molecule has 108 valence electrons. The first-order valence-corrected chi connectivity index (χ1v) is 6.90. The largest absolute Gasteiger partial charge is 0.411 e. The molecule has 0 fully saturated rings. The summed E-state index contributed by atoms with van der Waals surface area (Å²) in [6.45, 7) is 1.54. The van der Waals surface area contributed by atoms with E-state index >= 15 is 0 Å². The maximum Gasteiger partial charge on any atom is 0.411 e. The van der Waals surface area contributed by atoms with Crippen LogP contribution in [-0.4, -0.2) is 35.9 Å². The molecule has 8 heteroatoms. The minimum atomic E-state index is -4.29. The fraction of sp³-hybridized carbons (Fsp3) is 0.636. The van der Waals surface area contributed by atoms with Gasteiger partial charge >= 0.3 is 6.18 Å². The van der Waals surface area contributed by atoms with Crippen LogP contribution in [-0.2, 0) is 11.2 Å². The molecule has 0 aromatic carbocycles. The zero-order valence-corrected chi connectivity index (χ0v) is 12.6. The molecule has 19 heavy (non-hydrogen) atoms. The third-order valence-corrected chi connectivity index (χ3v) is 2.86. The van der Waals surface area contributed by atoms with Gasteiger partial charge in [-0.15, -0.1) is 0 Å². The fourth-order valence-electron chi connectivity index (χ4n) is 1.24. The standard InChI is InChI=1S/C11H15F3IN3O/c1-2-4-16-10-8(15)6-17-9(18-10)3-5-19-7-11(12,13)14/h6H,2-5,7H2,1H3,(H,16,17,18). The van der Waals surface area contributed by atoms with Gasteiger partial charge in [-0.25, -0.2) is 9.97 Å². The average molecular weight is 389 g/mol. The minimum Gasteiger partial charge on any atom is -0.372 e. The molecule has 0 spiro atoms. The van der Waals surface area contributed by atoms with Gasteiger partial charge in [0.25, 0.3) is 0 Å². The monoisotopic (exact) mass is 389 g/mol. The summed E-state index contributed by atoms with van der Waals surface area (Å²) in [5.41, 5.74) is 0. The number of aromatic nitrogens is 2. The molecule has 4 nitrogen and oxygen atoms in total. The average Bonchev–Trinajstić information content (AvgIpc) is 2.33. The lowest BCUT2D eigenvalue weighted by Crippen LogP contribution is -2.18. The van der Waals surface area contributed by atoms with Crippen LogP contribution in [0.25, 0.3) is 0 Å². The van der Waals surface area contributed by atoms with Gasteiger partial charge in [0.1, 0.15) is 18.2 Å². The Kier molecular flexibility index (Phi) is 6.76. The minimum absolute atomic E-state index is 0.0483. The molecule has 1 aromatic rings. The van der Waals surface area contributed by atoms with E-state index in [2.05, 4.69) is 42.6 Å². The van der Waals surface area contributed by atoms with Crippen molar-refractivity contribution in [2.75, 3.05) is 25.1 Å². The first kappa shape index (κ1) is 16.4. The van der Waals surface area contributed by atoms with Crippen molar-refractivity contribution in [3.63, 3.8) is 0 Å². The molecule has 0 atom stereocenters. The number of nitrogens with one attached hydrogen (secondary N) is 1. The van der Waals surface area contributed by atoms with Crippen LogP contribution < -0.4 is 5.32 Å². The third-order valence-electron chi connectivity index (χ3n) is 2.07. The lowest BCUT2D eigenvalue weighted by Gasteiger charge is -2.09. The second-order valence-corrected chi connectivity index (χ2v) is 4.99. The molecule has 0 aliphatic carbocycles. The van der Waals surface area contributed by atoms with Gasteiger partial charge < -0.3 is 10.1 Å². The van der Waals surface area contributed by atoms with Gasteiger partial charge in [-0.3, -0.25) is 0 Å². The van der Waals surface area contributed by atoms with Crippen molar-refractivity contribution < 1.29 is 17.9 Å². The lowest BCUT2D eigenvalue weighted by atomic mass is 10.4. The van der Waals surface area contributed by atoms with E-state index < -0.39 is 12.8 Å². The number of anilines is 1. The van der Waals surface area contributed by atoms with Crippen molar-refractivity contribution >= 4 is 28.4 Å². The van der Waals surface area contributed by atoms with Crippen molar-refractivity contribution in [1.82, 2.24) is 9.97 Å². The molecule has 1 heterocycles. The summed E-state index contributed by atoms with van der Waals surface area (Å²) >= 11 is 2.10. The zero-order chi connectivity index (χ0) is 14.3. The molecule has 0 amide bonds. The predicted molar refractivity (Wildman–Crippen MR) is 74.1 cm³/mol. The quantitative estimate of drug-likeness (QED) is 0.576. The zero-order valence-electron chi connectivity index (χ0n) is 10.4. The number of hydrogen-bond acceptors (Lipinski definition) is 4. The van der Waals surface area contributed by atoms with Gasteiger partial charge in [-0.05, 0) is 29.0 Å². The summed E-state index contributed by atoms with van der Waals surface area (Å²) in [7, 11) is 0. The number of hydrogen-bond donors (Lipinski definition) is 1. The van der Waals surface area contributed by atoms with E-state index in [9.17, 15) is 13.2 Å². The van der Waals surface area contributed by atoms with Crippen molar-refractivity contribution in [3.8, 4) is 0 Å². The van der Waals surface area contributed by atoms with E-state index in [4.69, 9.17) is 0 Å². The summed E-state index contributed by atoms with van der Waals surface area (Å²) in [5, 5.41) is 3.14. The number of alkyl halides is 3. The van der Waals surface area contributed by atoms with Gasteiger partial charge in [0.05, 0.1) is 10.2 Å². The number of ether oxygens (including phenoxy) is 1. The Morgan fingerprint density at radius 1 is 1.42 bits per heavy atom. The highest BCUT2D eigenvalue weighted by Crippen LogP contribution is 2.16. The normalized spacial score (nSPS) is 11.6. The smallest absolute Gasteiger partial charge is 0.372 e. The van der Waals surface area contributed by atoms with Gasteiger partial charge in [0.15, 0.2) is 0 Å². The second-order valence-electron chi connectivity index (χ2n) is 3.83. The lowest BCUT2D eigenvalue weighted by molar-refractivity contribution is -0.173. The van der Waals surface area contributed by atoms with Crippen LogP contribution in [0.15, 0.2) is 6.20 Å². The maximum atomic E-state index is 11.9. The third kappa shape index (κ3) is 6.90. The van der Waals surface area contributed by atoms with E-state index in [1.807, 2.05) is 6.92 Å². The number of rotatable bonds is 7. The first-order chi connectivity index (χ1) is 8.92. The molecule has 1 rings (SSSR count). The van der Waals surface area contributed by atoms with Crippen LogP contribution in [0.4, 0.5) is 19.0 Å². The van der Waals surface area contributed by atoms with Crippen molar-refractivity contribution in [3.05, 3.63) is 15.6 Å². The molecule has 0 unspecified atom stereocenters. The Morgan fingerprint density at radius 3 is 2.79 bits per heavy atom. The molecule has 0 saturated carbocycles. The number of halogens is 4. The highest BCUT2D eigenvalue weighted by molar-refractivity contribution is 14.1. The maximum absolute atomic E-state index is 11.9. The molecule has 1 N–H and O–H groups in total. The molecular weight excluding hydrogens is 374 g/mol. The summed E-state index contributed by atoms with van der Waals surface area (Å²) in [4.78, 5) is 8.31. The van der Waals surface area contributed by atoms with E-state index in [1.54, 1.807) is 6.20 Å². The predicted octanol–water partition coefficient (Wildman–Crippen LogP) is 3.02. The topological polar surface area (TPSA) is 47.0 Å². The van der Waals surface area contributed by atoms with Gasteiger partial charge in [0.2, 0.25) is 0 Å². The Balaban J connectivity index is 2.45. The van der Waals surface area contributed by atoms with E-state index in [0.29, 0.717) is 11.6 Å². The van der Waals surface area contributed by atoms with E-state index in [1.165, 1.54) is 0 Å². The molecular formula is C11H15F3IN3O. The highest BCUT2D eigenvalue weighted by atomic mass is 127. The Morgan fingerprint density at radius 2 is 2.16 bits per heavy atom. The fourth-order valence-corrected chi connectivity index (χ4v) is 1.69. The molecule has 0 bridgehead atoms. The molecule has 0 aliphatic rings. The van der Waals surface area contributed by atoms with Crippen LogP contribution in [0.5, 0.6) is 0 Å². The van der Waals surface area contributed by atoms with Crippen LogP contribution in [0.3, 0.4) is 0 Å². The molecule has 0 radical (unpaired) electrons. The molecule has 0 aliphatic heterocycles. The second kappa shape index (κ2) is 7.83. The van der Waals surface area contributed by atoms with Crippen molar-refractivity contribution in [2.24, 2.45) is 0 Å². The Bertz CT molecular complexity index is 401. The Labute approximate surface area is 123 Å². The van der Waals surface area contributed by atoms with Gasteiger partial charge in [-0.1, -0.05) is 6.92 Å². The SMILES string of the molecule is CCCNc1nc(CCOCC(F)(F)F)ncc1I. The summed E-state index contributed by atoms with van der Waals surface area (Å²) in [6.07, 6.45) is -1.43. The Hall–Kier alpha value is -0.640. The van der Waals surface area contributed by atoms with Crippen LogP contribution in [0, 0.1) is 3.57 Å². The van der Waals surface area contributed by atoms with E-state index in [0.717, 1.165) is 16.5 Å². The molecule has 1 aromatic heterocycles. The summed E-state index contributed by atoms with van der Waals surface area (Å²) in [6, 6.07) is 0. The van der Waals surface area contributed by atoms with Crippen LogP contribution in [0.1, 0.15) is 19.2 Å². The molecule has 0 saturated heterocycles. The summed E-state index contributed by atoms with van der Waals surface area (Å²) < 4.78 is 41.0. The van der Waals surface area contributed by atoms with Crippen LogP contribution >= 0.6 is 22.6 Å². The number of nitrogens with zero attached hydrogens (tertiary/aromatic N) is 2. The van der Waals surface area contributed by atoms with Gasteiger partial charge in [0, 0.05) is 19.2 Å². The van der Waals surface area contributed by atoms with Crippen LogP contribution in [0.2, 0.25) is 0 Å². The van der Waals surface area contributed by atoms with E-state index in [-0.39, 0.29) is 13.0 Å². The van der Waals surface area contributed by atoms with Gasteiger partial charge in [-0.2, -0.15) is 13.2 Å². The highest BCUT2D eigenvalue weighted by Gasteiger charge is 2.27. The first-order valence-electron chi connectivity index (χ1n) is 5.82.